The van der Waals surface area contributed by atoms with Crippen LogP contribution in [0, 0.1) is 0 Å². The van der Waals surface area contributed by atoms with E-state index in [1.54, 1.807) is 11.1 Å². The predicted molar refractivity (Wildman–Crippen MR) is 41.5 cm³/mol. The Hall–Kier alpha value is 1.64. The van der Waals surface area contributed by atoms with Gasteiger partial charge in [0.15, 0.2) is 0 Å². The van der Waals surface area contributed by atoms with Gasteiger partial charge in [-0.3, -0.25) is 0 Å². The van der Waals surface area contributed by atoms with Crippen LogP contribution in [0.15, 0.2) is 19.3 Å². The molecule has 0 saturated carbocycles. The molecule has 0 heterocycles. The molecule has 0 spiro atoms. The molecule has 46 valence electrons. The summed E-state index contributed by atoms with van der Waals surface area (Å²) in [6.45, 7) is 0. The van der Waals surface area contributed by atoms with Crippen LogP contribution in [0.4, 0.5) is 0 Å². The van der Waals surface area contributed by atoms with Crippen molar-refractivity contribution in [2.24, 2.45) is 0 Å². The van der Waals surface area contributed by atoms with Gasteiger partial charge in [0.05, 0.1) is 0 Å². The standard InChI is InChI=1S/C4H4Cl2Te2/c5-1-3-7-8-4-2-6/h1-4H. The number of hydrogen-bond acceptors (Lipinski definition) is 0. The molecule has 0 fully saturated rings. The van der Waals surface area contributed by atoms with Crippen LogP contribution in [0.3, 0.4) is 0 Å². The molecule has 0 radical (unpaired) electrons. The molecule has 0 aromatic carbocycles. The maximum atomic E-state index is 5.30. The Kier molecular flexibility index (Phi) is 10.4. The third-order valence-electron chi connectivity index (χ3n) is 0.270. The fraction of sp³-hybridized carbons (Fsp3) is 0. The number of halogens is 2. The second-order valence-electron chi connectivity index (χ2n) is 0.717. The Morgan fingerprint density at radius 2 is 1.25 bits per heavy atom. The first-order valence-corrected chi connectivity index (χ1v) is 12.6. The van der Waals surface area contributed by atoms with Crippen molar-refractivity contribution in [1.82, 2.24) is 0 Å². The van der Waals surface area contributed by atoms with Gasteiger partial charge in [-0.25, -0.2) is 0 Å². The van der Waals surface area contributed by atoms with Gasteiger partial charge in [-0.05, 0) is 0 Å². The van der Waals surface area contributed by atoms with Crippen molar-refractivity contribution in [2.75, 3.05) is 0 Å². The molecule has 0 rings (SSSR count). The monoisotopic (exact) mass is 382 g/mol. The zero-order valence-electron chi connectivity index (χ0n) is 3.88. The minimum absolute atomic E-state index is 0.114. The summed E-state index contributed by atoms with van der Waals surface area (Å²) in [6.07, 6.45) is 0. The Balaban J connectivity index is 2.93. The van der Waals surface area contributed by atoms with E-state index in [-0.39, 0.29) is 34.1 Å². The summed E-state index contributed by atoms with van der Waals surface area (Å²) in [5, 5.41) is 0. The van der Waals surface area contributed by atoms with Gasteiger partial charge in [0.25, 0.3) is 0 Å². The first-order valence-electron chi connectivity index (χ1n) is 1.74. The first-order chi connectivity index (χ1) is 3.91. The molecule has 0 aromatic heterocycles. The molecule has 0 atom stereocenters. The average molecular weight is 378 g/mol. The fourth-order valence-corrected chi connectivity index (χ4v) is 8.56. The minimum atomic E-state index is 0.114. The van der Waals surface area contributed by atoms with Gasteiger partial charge >= 0.3 is 76.6 Å². The van der Waals surface area contributed by atoms with E-state index < -0.39 is 0 Å². The summed E-state index contributed by atoms with van der Waals surface area (Å²) in [4.78, 5) is 0. The maximum absolute atomic E-state index is 5.30. The molecule has 0 unspecified atom stereocenters. The second-order valence-corrected chi connectivity index (χ2v) is 11.2. The third kappa shape index (κ3) is 7.64. The van der Waals surface area contributed by atoms with Crippen LogP contribution < -0.4 is 0 Å². The molecule has 0 N–H and O–H groups in total. The van der Waals surface area contributed by atoms with Crippen LogP contribution in [0.25, 0.3) is 0 Å². The zero-order valence-corrected chi connectivity index (χ0v) is 10.1. The predicted octanol–water partition coefficient (Wildman–Crippen LogP) is 1.73. The molecule has 0 amide bonds. The Morgan fingerprint density at radius 3 is 1.50 bits per heavy atom. The van der Waals surface area contributed by atoms with Gasteiger partial charge in [0.1, 0.15) is 0 Å². The van der Waals surface area contributed by atoms with Crippen molar-refractivity contribution in [3.05, 3.63) is 19.3 Å². The fourth-order valence-electron chi connectivity index (χ4n) is 0.106. The average Bonchev–Trinajstić information content (AvgIpc) is 1.81. The van der Waals surface area contributed by atoms with Crippen molar-refractivity contribution in [1.29, 1.82) is 0 Å². The molecule has 0 saturated heterocycles. The number of hydrogen-bond donors (Lipinski definition) is 0. The van der Waals surface area contributed by atoms with Crippen molar-refractivity contribution in [2.45, 2.75) is 0 Å². The van der Waals surface area contributed by atoms with E-state index in [4.69, 9.17) is 23.2 Å². The summed E-state index contributed by atoms with van der Waals surface area (Å²) in [5.74, 6) is 0. The van der Waals surface area contributed by atoms with Gasteiger partial charge in [-0.2, -0.15) is 0 Å². The molecular formula is C4H4Cl2Te2. The van der Waals surface area contributed by atoms with Crippen LogP contribution in [0.2, 0.25) is 0 Å². The molecule has 0 aromatic rings. The molecule has 8 heavy (non-hydrogen) atoms. The molecule has 0 aliphatic rings. The molecule has 4 heteroatoms. The van der Waals surface area contributed by atoms with Gasteiger partial charge in [-0.15, -0.1) is 0 Å². The summed E-state index contributed by atoms with van der Waals surface area (Å²) in [6, 6.07) is 0. The zero-order chi connectivity index (χ0) is 6.24. The van der Waals surface area contributed by atoms with Crippen LogP contribution in [0.5, 0.6) is 0 Å². The van der Waals surface area contributed by atoms with Gasteiger partial charge in [-0.1, -0.05) is 0 Å². The van der Waals surface area contributed by atoms with E-state index in [2.05, 4.69) is 8.25 Å². The van der Waals surface area contributed by atoms with Crippen LogP contribution in [-0.4, -0.2) is 34.1 Å². The SMILES string of the molecule is ClC=C[Te][Te]C=CCl. The third-order valence-corrected chi connectivity index (χ3v) is 9.57. The summed E-state index contributed by atoms with van der Waals surface area (Å²) >= 11 is 10.8. The molecule has 0 aliphatic carbocycles. The topological polar surface area (TPSA) is 0 Å². The molecular weight excluding hydrogens is 374 g/mol. The molecule has 0 bridgehead atoms. The summed E-state index contributed by atoms with van der Waals surface area (Å²) in [7, 11) is 0. The van der Waals surface area contributed by atoms with Crippen LogP contribution >= 0.6 is 23.2 Å². The van der Waals surface area contributed by atoms with E-state index >= 15 is 0 Å². The molecule has 0 nitrogen and oxygen atoms in total. The van der Waals surface area contributed by atoms with Crippen molar-refractivity contribution >= 4 is 57.3 Å². The van der Waals surface area contributed by atoms with Gasteiger partial charge in [0, 0.05) is 0 Å². The van der Waals surface area contributed by atoms with Crippen molar-refractivity contribution < 1.29 is 0 Å². The van der Waals surface area contributed by atoms with Gasteiger partial charge < -0.3 is 0 Å². The summed E-state index contributed by atoms with van der Waals surface area (Å²) < 4.78 is 4.15. The Morgan fingerprint density at radius 1 is 0.875 bits per heavy atom. The number of rotatable bonds is 3. The van der Waals surface area contributed by atoms with E-state index in [0.717, 1.165) is 0 Å². The van der Waals surface area contributed by atoms with E-state index in [1.807, 2.05) is 0 Å². The normalized spacial score (nSPS) is 11.8. The second kappa shape index (κ2) is 8.64. The van der Waals surface area contributed by atoms with Crippen molar-refractivity contribution in [3.63, 3.8) is 0 Å². The quantitative estimate of drug-likeness (QED) is 0.519. The van der Waals surface area contributed by atoms with E-state index in [0.29, 0.717) is 0 Å². The van der Waals surface area contributed by atoms with E-state index in [1.165, 1.54) is 0 Å². The van der Waals surface area contributed by atoms with Crippen molar-refractivity contribution in [3.8, 4) is 0 Å². The molecule has 0 aliphatic heterocycles. The Bertz CT molecular complexity index is 78.0. The first kappa shape index (κ1) is 9.64. The summed E-state index contributed by atoms with van der Waals surface area (Å²) in [5.41, 5.74) is 3.21. The van der Waals surface area contributed by atoms with Crippen LogP contribution in [-0.2, 0) is 0 Å². The van der Waals surface area contributed by atoms with E-state index in [9.17, 15) is 0 Å². The Labute approximate surface area is 75.6 Å². The van der Waals surface area contributed by atoms with Crippen LogP contribution in [0.1, 0.15) is 0 Å². The van der Waals surface area contributed by atoms with Gasteiger partial charge in [0.2, 0.25) is 0 Å².